The van der Waals surface area contributed by atoms with Gasteiger partial charge in [-0.25, -0.2) is 4.98 Å². The summed E-state index contributed by atoms with van der Waals surface area (Å²) in [6.45, 7) is 3.96. The predicted octanol–water partition coefficient (Wildman–Crippen LogP) is 0.824. The van der Waals surface area contributed by atoms with Crippen LogP contribution >= 0.6 is 0 Å². The highest BCUT2D eigenvalue weighted by Crippen LogP contribution is 2.31. The van der Waals surface area contributed by atoms with Gasteiger partial charge in [0.2, 0.25) is 0 Å². The van der Waals surface area contributed by atoms with Gasteiger partial charge in [0.05, 0.1) is 24.7 Å². The summed E-state index contributed by atoms with van der Waals surface area (Å²) in [7, 11) is 1.43. The van der Waals surface area contributed by atoms with Gasteiger partial charge in [-0.05, 0) is 32.8 Å². The Bertz CT molecular complexity index is 955. The van der Waals surface area contributed by atoms with Gasteiger partial charge in [0.25, 0.3) is 0 Å². The third-order valence-corrected chi connectivity index (χ3v) is 5.32. The van der Waals surface area contributed by atoms with Crippen LogP contribution in [-0.2, 0) is 7.05 Å². The highest BCUT2D eigenvalue weighted by atomic mass is 16.3. The van der Waals surface area contributed by atoms with Crippen LogP contribution in [0.15, 0.2) is 24.7 Å². The molecule has 3 N–H and O–H groups in total. The van der Waals surface area contributed by atoms with Crippen molar-refractivity contribution >= 4 is 18.5 Å². The molecule has 4 heterocycles. The normalized spacial score (nSPS) is 17.9. The van der Waals surface area contributed by atoms with Gasteiger partial charge in [-0.3, -0.25) is 4.68 Å². The van der Waals surface area contributed by atoms with Crippen molar-refractivity contribution in [1.82, 2.24) is 29.2 Å². The van der Waals surface area contributed by atoms with Crippen LogP contribution in [-0.4, -0.2) is 72.6 Å². The Kier molecular flexibility index (Phi) is 5.34. The number of nitrogens with one attached hydrogen (secondary N) is 1. The lowest BCUT2D eigenvalue weighted by atomic mass is 9.80. The first-order valence-corrected chi connectivity index (χ1v) is 9.71. The number of hydrogen-bond donors (Lipinski definition) is 3. The third-order valence-electron chi connectivity index (χ3n) is 5.32. The standard InChI is InChI=1S/C18H26BN7O2/c1-19(28)25-6-3-4-13(12-25)16-8-17(20-5-7-27)26-18(23-16)15(10-22-26)14-9-21-24(2)11-14/h8-11,13,20,27-28H,3-7,12H2,1-2H3. The molecular weight excluding hydrogens is 357 g/mol. The van der Waals surface area contributed by atoms with Crippen molar-refractivity contribution in [1.29, 1.82) is 0 Å². The maximum Gasteiger partial charge on any atom is 0.376 e. The lowest BCUT2D eigenvalue weighted by molar-refractivity contribution is 0.283. The molecule has 3 aromatic heterocycles. The van der Waals surface area contributed by atoms with Crippen molar-refractivity contribution < 1.29 is 10.1 Å². The van der Waals surface area contributed by atoms with Crippen LogP contribution < -0.4 is 5.32 Å². The maximum atomic E-state index is 9.99. The molecule has 4 rings (SSSR count). The molecule has 148 valence electrons. The zero-order valence-electron chi connectivity index (χ0n) is 16.3. The average Bonchev–Trinajstić information content (AvgIpc) is 3.32. The Balaban J connectivity index is 1.77. The molecule has 1 saturated heterocycles. The predicted molar refractivity (Wildman–Crippen MR) is 108 cm³/mol. The molecule has 1 unspecified atom stereocenters. The largest absolute Gasteiger partial charge is 0.437 e. The Morgan fingerprint density at radius 1 is 1.32 bits per heavy atom. The van der Waals surface area contributed by atoms with Crippen molar-refractivity contribution in [2.45, 2.75) is 25.6 Å². The molecule has 28 heavy (non-hydrogen) atoms. The van der Waals surface area contributed by atoms with Crippen LogP contribution in [0, 0.1) is 0 Å². The molecule has 1 atom stereocenters. The van der Waals surface area contributed by atoms with Gasteiger partial charge in [-0.1, -0.05) is 0 Å². The van der Waals surface area contributed by atoms with Gasteiger partial charge < -0.3 is 20.3 Å². The van der Waals surface area contributed by atoms with Crippen LogP contribution in [0.1, 0.15) is 24.5 Å². The van der Waals surface area contributed by atoms with Crippen molar-refractivity contribution in [3.63, 3.8) is 0 Å². The van der Waals surface area contributed by atoms with E-state index < -0.39 is 7.05 Å². The number of aliphatic hydroxyl groups is 1. The summed E-state index contributed by atoms with van der Waals surface area (Å²) in [4.78, 5) is 7.04. The van der Waals surface area contributed by atoms with E-state index in [-0.39, 0.29) is 12.5 Å². The molecule has 10 heteroatoms. The first-order chi connectivity index (χ1) is 13.6. The highest BCUT2D eigenvalue weighted by Gasteiger charge is 2.27. The molecule has 0 aromatic carbocycles. The maximum absolute atomic E-state index is 9.99. The number of piperidine rings is 1. The molecule has 0 radical (unpaired) electrons. The van der Waals surface area contributed by atoms with E-state index in [9.17, 15) is 10.1 Å². The van der Waals surface area contributed by atoms with Crippen molar-refractivity contribution in [2.75, 3.05) is 31.6 Å². The number of aliphatic hydroxyl groups excluding tert-OH is 1. The van der Waals surface area contributed by atoms with E-state index in [1.54, 1.807) is 15.4 Å². The number of hydrogen-bond acceptors (Lipinski definition) is 7. The second-order valence-corrected chi connectivity index (χ2v) is 7.38. The topological polar surface area (TPSA) is 104 Å². The van der Waals surface area contributed by atoms with Crippen LogP contribution in [0.4, 0.5) is 5.82 Å². The molecule has 1 aliphatic heterocycles. The summed E-state index contributed by atoms with van der Waals surface area (Å²) in [5.41, 5.74) is 3.62. The van der Waals surface area contributed by atoms with Crippen molar-refractivity contribution in [2.24, 2.45) is 7.05 Å². The molecule has 3 aromatic rings. The zero-order chi connectivity index (χ0) is 19.7. The minimum Gasteiger partial charge on any atom is -0.437 e. The fourth-order valence-corrected chi connectivity index (χ4v) is 3.85. The van der Waals surface area contributed by atoms with E-state index in [4.69, 9.17) is 4.98 Å². The number of aromatic nitrogens is 5. The molecule has 9 nitrogen and oxygen atoms in total. The number of nitrogens with zero attached hydrogens (tertiary/aromatic N) is 6. The molecule has 0 spiro atoms. The van der Waals surface area contributed by atoms with E-state index in [1.165, 1.54) is 0 Å². The first-order valence-electron chi connectivity index (χ1n) is 9.71. The average molecular weight is 383 g/mol. The van der Waals surface area contributed by atoms with Crippen LogP contribution in [0.25, 0.3) is 16.8 Å². The minimum atomic E-state index is -0.459. The lowest BCUT2D eigenvalue weighted by Crippen LogP contribution is -2.43. The number of rotatable bonds is 6. The molecule has 0 amide bonds. The molecular formula is C18H26BN7O2. The Morgan fingerprint density at radius 3 is 2.89 bits per heavy atom. The summed E-state index contributed by atoms with van der Waals surface area (Å²) in [5.74, 6) is 1.04. The van der Waals surface area contributed by atoms with E-state index >= 15 is 0 Å². The summed E-state index contributed by atoms with van der Waals surface area (Å²) in [5, 5.41) is 31.3. The Labute approximate surface area is 164 Å². The lowest BCUT2D eigenvalue weighted by Gasteiger charge is -2.33. The van der Waals surface area contributed by atoms with Gasteiger partial charge in [-0.15, -0.1) is 0 Å². The number of aryl methyl sites for hydroxylation is 1. The van der Waals surface area contributed by atoms with Crippen molar-refractivity contribution in [3.05, 3.63) is 30.4 Å². The zero-order valence-corrected chi connectivity index (χ0v) is 16.3. The smallest absolute Gasteiger partial charge is 0.376 e. The van der Waals surface area contributed by atoms with Gasteiger partial charge in [0, 0.05) is 42.9 Å². The molecule has 0 aliphatic carbocycles. The molecule has 0 saturated carbocycles. The van der Waals surface area contributed by atoms with Gasteiger partial charge in [0.15, 0.2) is 5.65 Å². The van der Waals surface area contributed by atoms with Crippen molar-refractivity contribution in [3.8, 4) is 11.1 Å². The van der Waals surface area contributed by atoms with Crippen LogP contribution in [0.5, 0.6) is 0 Å². The van der Waals surface area contributed by atoms with E-state index in [2.05, 4.69) is 20.3 Å². The van der Waals surface area contributed by atoms with Gasteiger partial charge in [0.1, 0.15) is 5.82 Å². The van der Waals surface area contributed by atoms with E-state index in [0.29, 0.717) is 6.54 Å². The quantitative estimate of drug-likeness (QED) is 0.542. The molecule has 1 fully saturated rings. The second-order valence-electron chi connectivity index (χ2n) is 7.38. The fourth-order valence-electron chi connectivity index (χ4n) is 3.85. The summed E-state index contributed by atoms with van der Waals surface area (Å²) < 4.78 is 3.53. The Morgan fingerprint density at radius 2 is 2.18 bits per heavy atom. The monoisotopic (exact) mass is 383 g/mol. The fraction of sp³-hybridized carbons (Fsp3) is 0.500. The second kappa shape index (κ2) is 7.90. The van der Waals surface area contributed by atoms with Crippen LogP contribution in [0.3, 0.4) is 0 Å². The SMILES string of the molecule is CB(O)N1CCCC(c2cc(NCCO)n3ncc(-c4cnn(C)c4)c3n2)C1. The van der Waals surface area contributed by atoms with Crippen LogP contribution in [0.2, 0.25) is 6.82 Å². The van der Waals surface area contributed by atoms with Gasteiger partial charge in [-0.2, -0.15) is 14.7 Å². The van der Waals surface area contributed by atoms with Gasteiger partial charge >= 0.3 is 7.05 Å². The number of anilines is 1. The first kappa shape index (κ1) is 18.9. The summed E-state index contributed by atoms with van der Waals surface area (Å²) in [6.07, 6.45) is 7.61. The molecule has 1 aliphatic rings. The van der Waals surface area contributed by atoms with E-state index in [0.717, 1.165) is 54.2 Å². The van der Waals surface area contributed by atoms with E-state index in [1.807, 2.05) is 32.3 Å². The highest BCUT2D eigenvalue weighted by molar-refractivity contribution is 6.45. The summed E-state index contributed by atoms with van der Waals surface area (Å²) >= 11 is 0. The summed E-state index contributed by atoms with van der Waals surface area (Å²) in [6, 6.07) is 2.01. The minimum absolute atomic E-state index is 0.0368. The number of fused-ring (bicyclic) bond motifs is 1. The third kappa shape index (κ3) is 3.62. The Hall–Kier alpha value is -2.43. The molecule has 0 bridgehead atoms.